The van der Waals surface area contributed by atoms with Crippen molar-refractivity contribution >= 4 is 33.5 Å². The number of nitrogens with one attached hydrogen (secondary N) is 2. The van der Waals surface area contributed by atoms with Crippen molar-refractivity contribution in [3.05, 3.63) is 192 Å². The summed E-state index contributed by atoms with van der Waals surface area (Å²) in [4.78, 5) is 26.7. The number of benzene rings is 6. The van der Waals surface area contributed by atoms with E-state index in [0.29, 0.717) is 24.4 Å². The van der Waals surface area contributed by atoms with Crippen molar-refractivity contribution in [2.24, 2.45) is 0 Å². The normalized spacial score (nSPS) is 12.9. The van der Waals surface area contributed by atoms with E-state index in [2.05, 4.69) is 166 Å². The number of hydrogen-bond acceptors (Lipinski definition) is 4. The second kappa shape index (κ2) is 12.8. The Morgan fingerprint density at radius 2 is 1.31 bits per heavy atom. The lowest BCUT2D eigenvalue weighted by Crippen LogP contribution is -2.38. The second-order valence-corrected chi connectivity index (χ2v) is 13.8. The fourth-order valence-corrected chi connectivity index (χ4v) is 8.05. The molecule has 0 radical (unpaired) electrons. The molecular weight excluding hydrogens is 665 g/mol. The minimum atomic E-state index is -0.847. The monoisotopic (exact) mass is 698 g/mol. The highest BCUT2D eigenvalue weighted by Gasteiger charge is 2.41. The molecule has 0 fully saturated rings. The van der Waals surface area contributed by atoms with Crippen LogP contribution in [0.2, 0.25) is 0 Å². The Morgan fingerprint density at radius 3 is 2.04 bits per heavy atom. The van der Waals surface area contributed by atoms with Gasteiger partial charge in [0.1, 0.15) is 11.2 Å². The predicted octanol–water partition coefficient (Wildman–Crippen LogP) is 10.0. The molecule has 7 nitrogen and oxygen atoms in total. The molecule has 0 aliphatic carbocycles. The lowest BCUT2D eigenvalue weighted by atomic mass is 9.77. The Morgan fingerprint density at radius 1 is 0.611 bits per heavy atom. The summed E-state index contributed by atoms with van der Waals surface area (Å²) in [5, 5.41) is 9.64. The molecule has 54 heavy (non-hydrogen) atoms. The Bertz CT molecular complexity index is 2730. The number of carbonyl (C=O) groups is 1. The van der Waals surface area contributed by atoms with Crippen molar-refractivity contribution in [1.29, 1.82) is 0 Å². The maximum absolute atomic E-state index is 13.2. The lowest BCUT2D eigenvalue weighted by Gasteiger charge is -2.37. The van der Waals surface area contributed by atoms with Gasteiger partial charge in [-0.25, -0.2) is 9.67 Å². The number of imidazole rings is 1. The number of amides is 1. The van der Waals surface area contributed by atoms with E-state index < -0.39 is 5.54 Å². The summed E-state index contributed by atoms with van der Waals surface area (Å²) in [5.74, 6) is 0.621. The molecule has 0 spiro atoms. The smallest absolute Gasteiger partial charge is 0.224 e. The molecule has 1 aliphatic rings. The number of carbonyl (C=O) groups excluding carboxylic acids is 1. The molecule has 10 rings (SSSR count). The number of hydrogen-bond donors (Lipinski definition) is 2. The van der Waals surface area contributed by atoms with Gasteiger partial charge in [0.05, 0.1) is 28.4 Å². The summed E-state index contributed by atoms with van der Waals surface area (Å²) in [6.45, 7) is 0. The van der Waals surface area contributed by atoms with Gasteiger partial charge in [0.2, 0.25) is 5.91 Å². The quantitative estimate of drug-likeness (QED) is 0.179. The SMILES string of the molecule is O=C1CCc2cccc(c2)-c2cccc3[nH]c(nc23)-c2nn(C(c3ccccc3)(c3ccccc3)c3ccccc3)c3ccc(cc23)-c2cncc(c2)N1. The number of anilines is 1. The fraction of sp³-hybridized carbons (Fsp3) is 0.0638. The van der Waals surface area contributed by atoms with Crippen LogP contribution >= 0.6 is 0 Å². The zero-order chi connectivity index (χ0) is 36.1. The molecule has 9 aromatic rings. The summed E-state index contributed by atoms with van der Waals surface area (Å²) in [6, 6.07) is 54.8. The number of para-hydroxylation sites is 1. The Labute approximate surface area is 312 Å². The number of rotatable bonds is 4. The van der Waals surface area contributed by atoms with Crippen LogP contribution in [-0.2, 0) is 16.8 Å². The maximum Gasteiger partial charge on any atom is 0.224 e. The van der Waals surface area contributed by atoms with Crippen LogP contribution in [-0.4, -0.2) is 30.6 Å². The van der Waals surface area contributed by atoms with E-state index in [9.17, 15) is 4.79 Å². The molecule has 4 heterocycles. The number of H-pyrrole nitrogens is 1. The van der Waals surface area contributed by atoms with E-state index in [-0.39, 0.29) is 5.91 Å². The third-order valence-electron chi connectivity index (χ3n) is 10.5. The van der Waals surface area contributed by atoms with Crippen LogP contribution in [0.25, 0.3) is 55.7 Å². The van der Waals surface area contributed by atoms with Gasteiger partial charge in [-0.3, -0.25) is 9.78 Å². The number of aryl methyl sites for hydroxylation is 1. The average Bonchev–Trinajstić information content (AvgIpc) is 3.84. The molecule has 1 amide bonds. The Balaban J connectivity index is 1.31. The van der Waals surface area contributed by atoms with Crippen molar-refractivity contribution in [2.45, 2.75) is 18.4 Å². The second-order valence-electron chi connectivity index (χ2n) is 13.8. The van der Waals surface area contributed by atoms with Gasteiger partial charge in [0.25, 0.3) is 0 Å². The number of aromatic amines is 1. The van der Waals surface area contributed by atoms with E-state index in [1.54, 1.807) is 6.20 Å². The molecule has 1 aliphatic heterocycles. The summed E-state index contributed by atoms with van der Waals surface area (Å²) < 4.78 is 2.18. The van der Waals surface area contributed by atoms with Crippen LogP contribution in [0.1, 0.15) is 28.7 Å². The number of nitrogens with zero attached hydrogens (tertiary/aromatic N) is 4. The molecule has 258 valence electrons. The van der Waals surface area contributed by atoms with E-state index in [1.807, 2.05) is 18.3 Å². The highest BCUT2D eigenvalue weighted by Crippen LogP contribution is 2.45. The van der Waals surface area contributed by atoms with Crippen molar-refractivity contribution in [3.8, 4) is 33.8 Å². The Kier molecular flexibility index (Phi) is 7.51. The first-order valence-corrected chi connectivity index (χ1v) is 18.2. The number of pyridine rings is 1. The fourth-order valence-electron chi connectivity index (χ4n) is 8.05. The van der Waals surface area contributed by atoms with Crippen LogP contribution in [0.5, 0.6) is 0 Å². The molecule has 6 aromatic carbocycles. The van der Waals surface area contributed by atoms with Crippen LogP contribution < -0.4 is 5.32 Å². The molecule has 7 heteroatoms. The first-order valence-electron chi connectivity index (χ1n) is 18.2. The van der Waals surface area contributed by atoms with Gasteiger partial charge in [-0.05, 0) is 64.1 Å². The average molecular weight is 699 g/mol. The van der Waals surface area contributed by atoms with Gasteiger partial charge < -0.3 is 10.3 Å². The first kappa shape index (κ1) is 31.6. The summed E-state index contributed by atoms with van der Waals surface area (Å²) in [6.07, 6.45) is 4.49. The highest BCUT2D eigenvalue weighted by molar-refractivity contribution is 5.99. The largest absolute Gasteiger partial charge is 0.337 e. The topological polar surface area (TPSA) is 88.5 Å². The summed E-state index contributed by atoms with van der Waals surface area (Å²) >= 11 is 0. The lowest BCUT2D eigenvalue weighted by molar-refractivity contribution is -0.116. The maximum atomic E-state index is 13.2. The van der Waals surface area contributed by atoms with Crippen molar-refractivity contribution in [1.82, 2.24) is 24.7 Å². The van der Waals surface area contributed by atoms with Gasteiger partial charge in [0.15, 0.2) is 5.82 Å². The molecule has 0 saturated heterocycles. The van der Waals surface area contributed by atoms with Gasteiger partial charge >= 0.3 is 0 Å². The molecule has 0 atom stereocenters. The number of fused-ring (bicyclic) bond motifs is 9. The molecular formula is C47H34N6O. The Hall–Kier alpha value is -7.12. The molecule has 8 bridgehead atoms. The van der Waals surface area contributed by atoms with E-state index in [1.165, 1.54) is 0 Å². The van der Waals surface area contributed by atoms with Crippen molar-refractivity contribution < 1.29 is 4.79 Å². The number of aromatic nitrogens is 5. The molecule has 2 N–H and O–H groups in total. The van der Waals surface area contributed by atoms with Gasteiger partial charge in [-0.15, -0.1) is 0 Å². The van der Waals surface area contributed by atoms with Gasteiger partial charge in [-0.2, -0.15) is 5.10 Å². The van der Waals surface area contributed by atoms with Gasteiger partial charge in [0, 0.05) is 29.1 Å². The van der Waals surface area contributed by atoms with Crippen LogP contribution in [0, 0.1) is 0 Å². The summed E-state index contributed by atoms with van der Waals surface area (Å²) in [7, 11) is 0. The molecule has 3 aromatic heterocycles. The highest BCUT2D eigenvalue weighted by atomic mass is 16.1. The van der Waals surface area contributed by atoms with Crippen LogP contribution in [0.15, 0.2) is 170 Å². The van der Waals surface area contributed by atoms with Crippen molar-refractivity contribution in [3.63, 3.8) is 0 Å². The minimum absolute atomic E-state index is 0.0578. The van der Waals surface area contributed by atoms with E-state index in [0.717, 1.165) is 72.1 Å². The zero-order valence-corrected chi connectivity index (χ0v) is 29.3. The standard InChI is InChI=1S/C47H34N6O/c54-43-25-22-31-12-10-13-33(26-31)39-20-11-21-41-44(39)51-46(50-41)45-40-28-32(34-27-38(49-43)30-48-29-34)23-24-42(40)53(52-45)47(35-14-4-1-5-15-35,36-16-6-2-7-17-36)37-18-8-3-9-19-37/h1-21,23-24,26-30H,22,25H2,(H,49,54)(H,50,51). The van der Waals surface area contributed by atoms with Crippen molar-refractivity contribution in [2.75, 3.05) is 5.32 Å². The first-order chi connectivity index (χ1) is 26.6. The predicted molar refractivity (Wildman–Crippen MR) is 215 cm³/mol. The van der Waals surface area contributed by atoms with Crippen LogP contribution in [0.3, 0.4) is 0 Å². The molecule has 0 saturated carbocycles. The minimum Gasteiger partial charge on any atom is -0.337 e. The van der Waals surface area contributed by atoms with E-state index in [4.69, 9.17) is 10.1 Å². The van der Waals surface area contributed by atoms with E-state index >= 15 is 0 Å². The summed E-state index contributed by atoms with van der Waals surface area (Å²) in [5.41, 5.74) is 11.5. The zero-order valence-electron chi connectivity index (χ0n) is 29.3. The van der Waals surface area contributed by atoms with Crippen LogP contribution in [0.4, 0.5) is 5.69 Å². The molecule has 0 unspecified atom stereocenters. The third kappa shape index (κ3) is 5.20. The third-order valence-corrected chi connectivity index (χ3v) is 10.5. The van der Waals surface area contributed by atoms with Gasteiger partial charge in [-0.1, -0.05) is 133 Å².